The Hall–Kier alpha value is -0.930. The van der Waals surface area contributed by atoms with Crippen LogP contribution < -0.4 is 4.72 Å². The number of aromatic nitrogens is 3. The molecule has 2 rings (SSSR count). The third-order valence-corrected chi connectivity index (χ3v) is 5.73. The van der Waals surface area contributed by atoms with E-state index >= 15 is 0 Å². The van der Waals surface area contributed by atoms with E-state index in [0.717, 1.165) is 11.5 Å². The van der Waals surface area contributed by atoms with Gasteiger partial charge in [-0.25, -0.2) is 8.42 Å². The standard InChI is InChI=1S/C8H9BrN4O2S2/c1-2-13-4-3-7(11-13)12-17(14,15)8-6(9)5-10-16-8/h3-5H,2H2,1H3,(H,11,12). The van der Waals surface area contributed by atoms with Crippen LogP contribution in [-0.2, 0) is 16.6 Å². The summed E-state index contributed by atoms with van der Waals surface area (Å²) in [7, 11) is -3.61. The number of rotatable bonds is 4. The number of hydrogen-bond acceptors (Lipinski definition) is 5. The summed E-state index contributed by atoms with van der Waals surface area (Å²) in [5, 5.41) is 4.05. The molecule has 92 valence electrons. The van der Waals surface area contributed by atoms with E-state index in [-0.39, 0.29) is 4.21 Å². The molecule has 2 aromatic heterocycles. The van der Waals surface area contributed by atoms with Gasteiger partial charge in [0.25, 0.3) is 10.0 Å². The van der Waals surface area contributed by atoms with Gasteiger partial charge in [0.2, 0.25) is 0 Å². The molecule has 9 heteroatoms. The van der Waals surface area contributed by atoms with Gasteiger partial charge in [0.15, 0.2) is 10.0 Å². The van der Waals surface area contributed by atoms with Crippen LogP contribution in [0, 0.1) is 0 Å². The number of nitrogens with one attached hydrogen (secondary N) is 1. The number of halogens is 1. The van der Waals surface area contributed by atoms with E-state index in [1.54, 1.807) is 16.9 Å². The Morgan fingerprint density at radius 1 is 1.59 bits per heavy atom. The summed E-state index contributed by atoms with van der Waals surface area (Å²) in [6.45, 7) is 2.61. The van der Waals surface area contributed by atoms with Gasteiger partial charge >= 0.3 is 0 Å². The molecule has 1 N–H and O–H groups in total. The van der Waals surface area contributed by atoms with Gasteiger partial charge in [-0.2, -0.15) is 9.47 Å². The van der Waals surface area contributed by atoms with Gasteiger partial charge in [-0.3, -0.25) is 9.40 Å². The van der Waals surface area contributed by atoms with Gasteiger partial charge in [-0.15, -0.1) is 0 Å². The van der Waals surface area contributed by atoms with Gasteiger partial charge in [0.05, 0.1) is 10.7 Å². The Morgan fingerprint density at radius 3 is 2.88 bits per heavy atom. The minimum absolute atomic E-state index is 0.142. The first-order valence-electron chi connectivity index (χ1n) is 4.69. The zero-order valence-corrected chi connectivity index (χ0v) is 12.0. The average molecular weight is 337 g/mol. The third kappa shape index (κ3) is 2.67. The Bertz CT molecular complexity index is 619. The molecule has 0 spiro atoms. The molecule has 2 aromatic rings. The fourth-order valence-corrected chi connectivity index (χ4v) is 4.09. The lowest BCUT2D eigenvalue weighted by Gasteiger charge is -2.02. The maximum Gasteiger partial charge on any atom is 0.275 e. The fourth-order valence-electron chi connectivity index (χ4n) is 1.17. The summed E-state index contributed by atoms with van der Waals surface area (Å²) >= 11 is 4.04. The second-order valence-electron chi connectivity index (χ2n) is 3.12. The van der Waals surface area contributed by atoms with Crippen LogP contribution in [0.25, 0.3) is 0 Å². The van der Waals surface area contributed by atoms with Crippen molar-refractivity contribution in [3.05, 3.63) is 22.9 Å². The van der Waals surface area contributed by atoms with Gasteiger partial charge in [0.1, 0.15) is 0 Å². The highest BCUT2D eigenvalue weighted by molar-refractivity contribution is 9.10. The Labute approximate surface area is 111 Å². The molecule has 0 aliphatic carbocycles. The van der Waals surface area contributed by atoms with E-state index in [4.69, 9.17) is 0 Å². The van der Waals surface area contributed by atoms with E-state index in [9.17, 15) is 8.42 Å². The van der Waals surface area contributed by atoms with Crippen molar-refractivity contribution in [2.24, 2.45) is 0 Å². The van der Waals surface area contributed by atoms with Crippen molar-refractivity contribution in [1.29, 1.82) is 0 Å². The van der Waals surface area contributed by atoms with Crippen molar-refractivity contribution in [2.45, 2.75) is 17.7 Å². The molecule has 0 bridgehead atoms. The summed E-state index contributed by atoms with van der Waals surface area (Å²) in [6.07, 6.45) is 3.16. The fraction of sp³-hybridized carbons (Fsp3) is 0.250. The lowest BCUT2D eigenvalue weighted by molar-refractivity contribution is 0.602. The van der Waals surface area contributed by atoms with Gasteiger partial charge in [-0.1, -0.05) is 0 Å². The highest BCUT2D eigenvalue weighted by Gasteiger charge is 2.21. The molecule has 0 unspecified atom stereocenters. The smallest absolute Gasteiger partial charge is 0.271 e. The molecule has 0 atom stereocenters. The Kier molecular flexibility index (Phi) is 3.50. The zero-order valence-electron chi connectivity index (χ0n) is 8.79. The van der Waals surface area contributed by atoms with Gasteiger partial charge in [-0.05, 0) is 34.4 Å². The van der Waals surface area contributed by atoms with Gasteiger partial charge < -0.3 is 0 Å². The molecule has 0 radical (unpaired) electrons. The maximum atomic E-state index is 12.0. The molecular formula is C8H9BrN4O2S2. The van der Waals surface area contributed by atoms with Crippen molar-refractivity contribution in [3.63, 3.8) is 0 Å². The second kappa shape index (κ2) is 4.75. The Balaban J connectivity index is 2.26. The van der Waals surface area contributed by atoms with Crippen LogP contribution in [-0.4, -0.2) is 22.6 Å². The summed E-state index contributed by atoms with van der Waals surface area (Å²) < 4.78 is 32.3. The largest absolute Gasteiger partial charge is 0.275 e. The van der Waals surface area contributed by atoms with Crippen LogP contribution in [0.4, 0.5) is 5.82 Å². The van der Waals surface area contributed by atoms with E-state index in [2.05, 4.69) is 30.1 Å². The van der Waals surface area contributed by atoms with Crippen LogP contribution in [0.15, 0.2) is 27.1 Å². The first-order valence-corrected chi connectivity index (χ1v) is 7.74. The lowest BCUT2D eigenvalue weighted by atomic mass is 10.7. The zero-order chi connectivity index (χ0) is 12.5. The normalized spacial score (nSPS) is 11.6. The van der Waals surface area contributed by atoms with Crippen molar-refractivity contribution in [2.75, 3.05) is 4.72 Å². The molecule has 0 aromatic carbocycles. The van der Waals surface area contributed by atoms with Gasteiger partial charge in [0, 0.05) is 18.8 Å². The monoisotopic (exact) mass is 336 g/mol. The first kappa shape index (κ1) is 12.5. The molecule has 0 saturated carbocycles. The van der Waals surface area contributed by atoms with Crippen LogP contribution in [0.5, 0.6) is 0 Å². The van der Waals surface area contributed by atoms with Crippen LogP contribution in [0.2, 0.25) is 0 Å². The lowest BCUT2D eigenvalue weighted by Crippen LogP contribution is -2.12. The number of sulfonamides is 1. The Morgan fingerprint density at radius 2 is 2.35 bits per heavy atom. The third-order valence-electron chi connectivity index (χ3n) is 1.94. The minimum atomic E-state index is -3.61. The highest BCUT2D eigenvalue weighted by atomic mass is 79.9. The van der Waals surface area contributed by atoms with Crippen molar-refractivity contribution in [1.82, 2.24) is 14.2 Å². The minimum Gasteiger partial charge on any atom is -0.271 e. The second-order valence-corrected chi connectivity index (χ2v) is 6.66. The predicted molar refractivity (Wildman–Crippen MR) is 68.5 cm³/mol. The quantitative estimate of drug-likeness (QED) is 0.925. The van der Waals surface area contributed by atoms with Crippen molar-refractivity contribution < 1.29 is 8.42 Å². The first-order chi connectivity index (χ1) is 8.03. The van der Waals surface area contributed by atoms with Crippen LogP contribution in [0.1, 0.15) is 6.92 Å². The molecular weight excluding hydrogens is 328 g/mol. The molecule has 17 heavy (non-hydrogen) atoms. The molecule has 2 heterocycles. The van der Waals surface area contributed by atoms with E-state index in [1.807, 2.05) is 6.92 Å². The molecule has 0 amide bonds. The van der Waals surface area contributed by atoms with E-state index in [1.165, 1.54) is 6.20 Å². The predicted octanol–water partition coefficient (Wildman–Crippen LogP) is 1.92. The molecule has 6 nitrogen and oxygen atoms in total. The molecule has 0 fully saturated rings. The van der Waals surface area contributed by atoms with E-state index in [0.29, 0.717) is 16.8 Å². The number of anilines is 1. The average Bonchev–Trinajstić information content (AvgIpc) is 2.86. The van der Waals surface area contributed by atoms with Crippen molar-refractivity contribution >= 4 is 43.3 Å². The summed E-state index contributed by atoms with van der Waals surface area (Å²) in [6, 6.07) is 1.61. The van der Waals surface area contributed by atoms with E-state index < -0.39 is 10.0 Å². The maximum absolute atomic E-state index is 12.0. The number of nitrogens with zero attached hydrogens (tertiary/aromatic N) is 3. The number of aryl methyl sites for hydroxylation is 1. The SMILES string of the molecule is CCn1ccc(NS(=O)(=O)c2sncc2Br)n1. The molecule has 0 aliphatic rings. The summed E-state index contributed by atoms with van der Waals surface area (Å²) in [4.78, 5) is 0. The van der Waals surface area contributed by atoms with Crippen LogP contribution in [0.3, 0.4) is 0 Å². The number of hydrogen-bond donors (Lipinski definition) is 1. The summed E-state index contributed by atoms with van der Waals surface area (Å²) in [5.41, 5.74) is 0. The summed E-state index contributed by atoms with van der Waals surface area (Å²) in [5.74, 6) is 0.298. The molecule has 0 saturated heterocycles. The topological polar surface area (TPSA) is 76.9 Å². The van der Waals surface area contributed by atoms with Crippen molar-refractivity contribution in [3.8, 4) is 0 Å². The highest BCUT2D eigenvalue weighted by Crippen LogP contribution is 2.26. The molecule has 0 aliphatic heterocycles. The van der Waals surface area contributed by atoms with Crippen LogP contribution >= 0.6 is 27.5 Å².